The first kappa shape index (κ1) is 12.6. The van der Waals surface area contributed by atoms with Gasteiger partial charge in [-0.25, -0.2) is 4.98 Å². The summed E-state index contributed by atoms with van der Waals surface area (Å²) in [6, 6.07) is 0. The molecule has 2 N–H and O–H groups in total. The number of aromatic nitrogens is 1. The van der Waals surface area contributed by atoms with Gasteiger partial charge in [0.25, 0.3) is 0 Å². The summed E-state index contributed by atoms with van der Waals surface area (Å²) in [5.74, 6) is 1.46. The van der Waals surface area contributed by atoms with Crippen LogP contribution in [0.4, 0.5) is 0 Å². The number of fused-ring (bicyclic) bond motifs is 1. The summed E-state index contributed by atoms with van der Waals surface area (Å²) in [4.78, 5) is 6.47. The monoisotopic (exact) mass is 264 g/mol. The molecule has 18 heavy (non-hydrogen) atoms. The van der Waals surface area contributed by atoms with E-state index in [9.17, 15) is 0 Å². The molecule has 2 unspecified atom stereocenters. The second-order valence-corrected chi connectivity index (χ2v) is 7.52. The minimum absolute atomic E-state index is 0.108. The van der Waals surface area contributed by atoms with Gasteiger partial charge >= 0.3 is 0 Å². The van der Waals surface area contributed by atoms with Gasteiger partial charge in [0.15, 0.2) is 0 Å². The van der Waals surface area contributed by atoms with Crippen molar-refractivity contribution in [1.82, 2.24) is 4.98 Å². The minimum atomic E-state index is -0.108. The summed E-state index contributed by atoms with van der Waals surface area (Å²) in [5, 5.41) is 1.23. The van der Waals surface area contributed by atoms with Gasteiger partial charge in [-0.3, -0.25) is 0 Å². The maximum atomic E-state index is 6.62. The van der Waals surface area contributed by atoms with Gasteiger partial charge in [0.1, 0.15) is 5.01 Å². The van der Waals surface area contributed by atoms with E-state index in [4.69, 9.17) is 10.7 Å². The van der Waals surface area contributed by atoms with Gasteiger partial charge in [-0.1, -0.05) is 33.1 Å². The van der Waals surface area contributed by atoms with E-state index < -0.39 is 0 Å². The molecule has 0 aromatic carbocycles. The van der Waals surface area contributed by atoms with E-state index in [1.54, 1.807) is 0 Å². The zero-order valence-electron chi connectivity index (χ0n) is 11.5. The summed E-state index contributed by atoms with van der Waals surface area (Å²) in [7, 11) is 0. The highest BCUT2D eigenvalue weighted by molar-refractivity contribution is 7.12. The van der Waals surface area contributed by atoms with Crippen LogP contribution in [-0.2, 0) is 12.0 Å². The van der Waals surface area contributed by atoms with Crippen molar-refractivity contribution in [2.45, 2.75) is 70.3 Å². The molecule has 0 spiro atoms. The van der Waals surface area contributed by atoms with Gasteiger partial charge < -0.3 is 5.73 Å². The molecule has 3 heteroatoms. The molecule has 0 radical (unpaired) electrons. The van der Waals surface area contributed by atoms with Crippen molar-refractivity contribution < 1.29 is 0 Å². The van der Waals surface area contributed by atoms with Crippen LogP contribution >= 0.6 is 11.3 Å². The number of nitrogens with two attached hydrogens (primary N) is 1. The maximum Gasteiger partial charge on any atom is 0.113 e. The molecule has 100 valence electrons. The lowest BCUT2D eigenvalue weighted by Gasteiger charge is -2.31. The molecule has 1 saturated carbocycles. The zero-order valence-corrected chi connectivity index (χ0v) is 12.4. The fraction of sp³-hybridized carbons (Fsp3) is 0.800. The highest BCUT2D eigenvalue weighted by Crippen LogP contribution is 2.43. The van der Waals surface area contributed by atoms with E-state index in [2.05, 4.69) is 13.8 Å². The first-order chi connectivity index (χ1) is 8.58. The van der Waals surface area contributed by atoms with Crippen LogP contribution in [0, 0.1) is 5.92 Å². The molecule has 1 fully saturated rings. The van der Waals surface area contributed by atoms with Gasteiger partial charge in [-0.15, -0.1) is 11.3 Å². The Kier molecular flexibility index (Phi) is 3.23. The highest BCUT2D eigenvalue weighted by Gasteiger charge is 2.35. The van der Waals surface area contributed by atoms with Crippen molar-refractivity contribution >= 4 is 11.3 Å². The lowest BCUT2D eigenvalue weighted by atomic mass is 9.83. The third-order valence-electron chi connectivity index (χ3n) is 4.64. The number of rotatable bonds is 1. The van der Waals surface area contributed by atoms with E-state index in [1.807, 2.05) is 11.3 Å². The summed E-state index contributed by atoms with van der Waals surface area (Å²) in [6.45, 7) is 4.69. The average Bonchev–Trinajstić information content (AvgIpc) is 2.74. The summed E-state index contributed by atoms with van der Waals surface area (Å²) >= 11 is 1.91. The number of hydrogen-bond donors (Lipinski definition) is 1. The van der Waals surface area contributed by atoms with Crippen molar-refractivity contribution in [1.29, 1.82) is 0 Å². The van der Waals surface area contributed by atoms with Gasteiger partial charge in [0.05, 0.1) is 11.2 Å². The molecule has 1 aromatic heterocycles. The topological polar surface area (TPSA) is 38.9 Å². The quantitative estimate of drug-likeness (QED) is 0.834. The largest absolute Gasteiger partial charge is 0.319 e. The molecule has 0 aliphatic heterocycles. The van der Waals surface area contributed by atoms with Crippen LogP contribution in [0.15, 0.2) is 0 Å². The Labute approximate surface area is 114 Å². The molecule has 2 aliphatic carbocycles. The van der Waals surface area contributed by atoms with Crippen LogP contribution in [0.25, 0.3) is 0 Å². The van der Waals surface area contributed by atoms with Crippen LogP contribution in [0.5, 0.6) is 0 Å². The van der Waals surface area contributed by atoms with Crippen LogP contribution in [0.3, 0.4) is 0 Å². The molecule has 0 bridgehead atoms. The van der Waals surface area contributed by atoms with Gasteiger partial charge in [0.2, 0.25) is 0 Å². The van der Waals surface area contributed by atoms with Crippen LogP contribution < -0.4 is 5.73 Å². The third kappa shape index (κ3) is 2.12. The lowest BCUT2D eigenvalue weighted by Crippen LogP contribution is -2.38. The van der Waals surface area contributed by atoms with Gasteiger partial charge in [0, 0.05) is 4.88 Å². The Bertz CT molecular complexity index is 432. The first-order valence-corrected chi connectivity index (χ1v) is 8.19. The molecular formula is C15H24N2S. The van der Waals surface area contributed by atoms with Gasteiger partial charge in [-0.2, -0.15) is 0 Å². The van der Waals surface area contributed by atoms with Gasteiger partial charge in [-0.05, 0) is 37.5 Å². The molecule has 1 aromatic rings. The molecule has 0 amide bonds. The van der Waals surface area contributed by atoms with Crippen molar-refractivity contribution in [2.24, 2.45) is 11.7 Å². The maximum absolute atomic E-state index is 6.62. The molecule has 3 rings (SSSR count). The third-order valence-corrected chi connectivity index (χ3v) is 6.19. The number of nitrogens with zero attached hydrogens (tertiary/aromatic N) is 1. The van der Waals surface area contributed by atoms with E-state index in [-0.39, 0.29) is 5.54 Å². The van der Waals surface area contributed by atoms with Crippen LogP contribution in [0.2, 0.25) is 0 Å². The molecular weight excluding hydrogens is 240 g/mol. The Balaban J connectivity index is 1.92. The SMILES string of the molecule is CC1Cc2nc(C3(N)CCCCC3)sc2C(C)C1. The lowest BCUT2D eigenvalue weighted by molar-refractivity contribution is 0.300. The van der Waals surface area contributed by atoms with E-state index in [1.165, 1.54) is 41.3 Å². The summed E-state index contributed by atoms with van der Waals surface area (Å²) in [5.41, 5.74) is 7.87. The van der Waals surface area contributed by atoms with Crippen molar-refractivity contribution in [3.05, 3.63) is 15.6 Å². The van der Waals surface area contributed by atoms with E-state index in [0.717, 1.165) is 25.2 Å². The second kappa shape index (κ2) is 4.61. The van der Waals surface area contributed by atoms with E-state index in [0.29, 0.717) is 5.92 Å². The van der Waals surface area contributed by atoms with Crippen LogP contribution in [0.1, 0.15) is 73.9 Å². The Morgan fingerprint density at radius 2 is 1.94 bits per heavy atom. The summed E-state index contributed by atoms with van der Waals surface area (Å²) in [6.07, 6.45) is 8.61. The Morgan fingerprint density at radius 1 is 1.22 bits per heavy atom. The average molecular weight is 264 g/mol. The fourth-order valence-electron chi connectivity index (χ4n) is 3.63. The fourth-order valence-corrected chi connectivity index (χ4v) is 4.94. The second-order valence-electron chi connectivity index (χ2n) is 6.49. The van der Waals surface area contributed by atoms with Crippen molar-refractivity contribution in [3.8, 4) is 0 Å². The van der Waals surface area contributed by atoms with Crippen molar-refractivity contribution in [3.63, 3.8) is 0 Å². The Hall–Kier alpha value is -0.410. The molecule has 0 saturated heterocycles. The normalized spacial score (nSPS) is 31.1. The smallest absolute Gasteiger partial charge is 0.113 e. The Morgan fingerprint density at radius 3 is 2.67 bits per heavy atom. The minimum Gasteiger partial charge on any atom is -0.319 e. The zero-order chi connectivity index (χ0) is 12.8. The predicted molar refractivity (Wildman–Crippen MR) is 77.0 cm³/mol. The summed E-state index contributed by atoms with van der Waals surface area (Å²) < 4.78 is 0. The first-order valence-electron chi connectivity index (χ1n) is 7.37. The standard InChI is InChI=1S/C15H24N2S/c1-10-8-11(2)13-12(9-10)17-14(18-13)15(16)6-4-3-5-7-15/h10-11H,3-9,16H2,1-2H3. The number of hydrogen-bond acceptors (Lipinski definition) is 3. The molecule has 2 nitrogen and oxygen atoms in total. The number of thiazole rings is 1. The molecule has 2 atom stereocenters. The molecule has 1 heterocycles. The highest BCUT2D eigenvalue weighted by atomic mass is 32.1. The van der Waals surface area contributed by atoms with Crippen LogP contribution in [-0.4, -0.2) is 4.98 Å². The van der Waals surface area contributed by atoms with Crippen molar-refractivity contribution in [2.75, 3.05) is 0 Å². The van der Waals surface area contributed by atoms with E-state index >= 15 is 0 Å². The predicted octanol–water partition coefficient (Wildman–Crippen LogP) is 3.95. The molecule has 2 aliphatic rings.